The zero-order chi connectivity index (χ0) is 13.1. The highest BCUT2D eigenvalue weighted by Gasteiger charge is 2.20. The molecule has 0 radical (unpaired) electrons. The quantitative estimate of drug-likeness (QED) is 0.813. The third-order valence-corrected chi connectivity index (χ3v) is 3.26. The number of carbonyl (C=O) groups excluding carboxylic acids is 1. The molecule has 2 rings (SSSR count). The van der Waals surface area contributed by atoms with Crippen molar-refractivity contribution in [3.63, 3.8) is 0 Å². The minimum Gasteiger partial charge on any atom is -0.495 e. The van der Waals surface area contributed by atoms with Gasteiger partial charge in [0.05, 0.1) is 31.6 Å². The number of ketones is 1. The summed E-state index contributed by atoms with van der Waals surface area (Å²) in [6.45, 7) is 0. The molecule has 4 nitrogen and oxygen atoms in total. The molecule has 0 aliphatic heterocycles. The van der Waals surface area contributed by atoms with Crippen LogP contribution in [0.4, 0.5) is 0 Å². The molecule has 1 aromatic heterocycles. The average molecular weight is 311 g/mol. The summed E-state index contributed by atoms with van der Waals surface area (Å²) in [5, 5.41) is 0. The maximum absolute atomic E-state index is 12.2. The Balaban J connectivity index is 2.52. The van der Waals surface area contributed by atoms with Crippen LogP contribution in [0.3, 0.4) is 0 Å². The fraction of sp³-hybridized carbons (Fsp3) is 0.154. The van der Waals surface area contributed by atoms with Crippen LogP contribution in [-0.2, 0) is 0 Å². The van der Waals surface area contributed by atoms with Crippen molar-refractivity contribution in [1.82, 2.24) is 0 Å². The number of halogens is 1. The summed E-state index contributed by atoms with van der Waals surface area (Å²) in [5.41, 5.74) is 0.928. The van der Waals surface area contributed by atoms with Gasteiger partial charge in [0.25, 0.3) is 0 Å². The van der Waals surface area contributed by atoms with E-state index in [9.17, 15) is 4.79 Å². The van der Waals surface area contributed by atoms with Gasteiger partial charge in [0, 0.05) is 0 Å². The summed E-state index contributed by atoms with van der Waals surface area (Å²) in [7, 11) is 3.06. The number of hydrogen-bond acceptors (Lipinski definition) is 4. The van der Waals surface area contributed by atoms with Gasteiger partial charge in [0.2, 0.25) is 0 Å². The lowest BCUT2D eigenvalue weighted by molar-refractivity contribution is 0.103. The van der Waals surface area contributed by atoms with Crippen LogP contribution >= 0.6 is 15.9 Å². The lowest BCUT2D eigenvalue weighted by Gasteiger charge is -2.12. The van der Waals surface area contributed by atoms with E-state index in [1.54, 1.807) is 25.3 Å². The van der Waals surface area contributed by atoms with Crippen LogP contribution in [0, 0.1) is 0 Å². The van der Waals surface area contributed by atoms with Gasteiger partial charge in [-0.05, 0) is 34.1 Å². The lowest BCUT2D eigenvalue weighted by Crippen LogP contribution is -2.04. The average Bonchev–Trinajstić information content (AvgIpc) is 2.91. The Morgan fingerprint density at radius 2 is 2.00 bits per heavy atom. The first-order valence-corrected chi connectivity index (χ1v) is 5.95. The molecule has 0 bridgehead atoms. The van der Waals surface area contributed by atoms with Gasteiger partial charge >= 0.3 is 0 Å². The molecule has 0 spiro atoms. The van der Waals surface area contributed by atoms with Crippen LogP contribution in [0.5, 0.6) is 11.5 Å². The molecule has 94 valence electrons. The van der Waals surface area contributed by atoms with Crippen molar-refractivity contribution in [1.29, 1.82) is 0 Å². The van der Waals surface area contributed by atoms with E-state index in [1.807, 2.05) is 0 Å². The number of rotatable bonds is 4. The Labute approximate surface area is 113 Å². The van der Waals surface area contributed by atoms with Crippen molar-refractivity contribution in [2.75, 3.05) is 14.2 Å². The summed E-state index contributed by atoms with van der Waals surface area (Å²) in [4.78, 5) is 12.2. The maximum Gasteiger partial charge on any atom is 0.200 e. The second kappa shape index (κ2) is 5.27. The summed E-state index contributed by atoms with van der Waals surface area (Å²) in [6.07, 6.45) is 2.86. The Morgan fingerprint density at radius 1 is 1.22 bits per heavy atom. The number of ether oxygens (including phenoxy) is 2. The van der Waals surface area contributed by atoms with Crippen molar-refractivity contribution in [2.45, 2.75) is 0 Å². The third-order valence-electron chi connectivity index (χ3n) is 2.51. The first-order chi connectivity index (χ1) is 8.69. The molecule has 0 fully saturated rings. The standard InChI is InChI=1S/C13H11BrO4/c1-16-10-4-3-9(13(17-2)11(10)14)12(15)8-5-6-18-7-8/h3-7H,1-2H3. The Hall–Kier alpha value is -1.75. The van der Waals surface area contributed by atoms with E-state index in [0.717, 1.165) is 0 Å². The molecule has 0 amide bonds. The number of benzene rings is 1. The summed E-state index contributed by atoms with van der Waals surface area (Å²) >= 11 is 3.36. The van der Waals surface area contributed by atoms with Crippen LogP contribution in [0.25, 0.3) is 0 Å². The fourth-order valence-electron chi connectivity index (χ4n) is 1.62. The zero-order valence-electron chi connectivity index (χ0n) is 9.90. The van der Waals surface area contributed by atoms with E-state index in [2.05, 4.69) is 15.9 Å². The van der Waals surface area contributed by atoms with E-state index >= 15 is 0 Å². The molecule has 0 aliphatic rings. The first-order valence-electron chi connectivity index (χ1n) is 5.16. The van der Waals surface area contributed by atoms with E-state index < -0.39 is 0 Å². The molecule has 18 heavy (non-hydrogen) atoms. The SMILES string of the molecule is COc1ccc(C(=O)c2ccoc2)c(OC)c1Br. The molecule has 5 heteroatoms. The smallest absolute Gasteiger partial charge is 0.200 e. The van der Waals surface area contributed by atoms with E-state index in [0.29, 0.717) is 27.1 Å². The number of carbonyl (C=O) groups is 1. The number of hydrogen-bond donors (Lipinski definition) is 0. The van der Waals surface area contributed by atoms with Crippen molar-refractivity contribution in [3.8, 4) is 11.5 Å². The Bertz CT molecular complexity index is 561. The zero-order valence-corrected chi connectivity index (χ0v) is 11.5. The van der Waals surface area contributed by atoms with Crippen LogP contribution in [0.15, 0.2) is 39.6 Å². The predicted molar refractivity (Wildman–Crippen MR) is 69.4 cm³/mol. The fourth-order valence-corrected chi connectivity index (χ4v) is 2.29. The molecular formula is C13H11BrO4. The van der Waals surface area contributed by atoms with Crippen LogP contribution in [0.1, 0.15) is 15.9 Å². The summed E-state index contributed by atoms with van der Waals surface area (Å²) in [6, 6.07) is 4.98. The second-order valence-electron chi connectivity index (χ2n) is 3.50. The van der Waals surface area contributed by atoms with Gasteiger partial charge in [0.15, 0.2) is 5.78 Å². The highest BCUT2D eigenvalue weighted by Crippen LogP contribution is 2.37. The van der Waals surface area contributed by atoms with Gasteiger partial charge in [-0.1, -0.05) is 0 Å². The third kappa shape index (κ3) is 2.13. The van der Waals surface area contributed by atoms with E-state index in [1.165, 1.54) is 19.6 Å². The minimum absolute atomic E-state index is 0.163. The summed E-state index contributed by atoms with van der Waals surface area (Å²) < 4.78 is 15.9. The van der Waals surface area contributed by atoms with Gasteiger partial charge in [-0.2, -0.15) is 0 Å². The van der Waals surface area contributed by atoms with Crippen molar-refractivity contribution in [2.24, 2.45) is 0 Å². The lowest BCUT2D eigenvalue weighted by atomic mass is 10.0. The topological polar surface area (TPSA) is 48.7 Å². The monoisotopic (exact) mass is 310 g/mol. The molecule has 0 unspecified atom stereocenters. The van der Waals surface area contributed by atoms with Crippen LogP contribution < -0.4 is 9.47 Å². The van der Waals surface area contributed by atoms with Crippen molar-refractivity contribution < 1.29 is 18.7 Å². The minimum atomic E-state index is -0.163. The molecule has 2 aromatic rings. The van der Waals surface area contributed by atoms with Crippen LogP contribution in [0.2, 0.25) is 0 Å². The molecule has 1 aromatic carbocycles. The van der Waals surface area contributed by atoms with Crippen molar-refractivity contribution >= 4 is 21.7 Å². The molecule has 0 saturated heterocycles. The molecule has 0 atom stereocenters. The number of furan rings is 1. The molecule has 0 saturated carbocycles. The number of methoxy groups -OCH3 is 2. The molecule has 1 heterocycles. The Morgan fingerprint density at radius 3 is 2.56 bits per heavy atom. The van der Waals surface area contributed by atoms with Gasteiger partial charge in [-0.15, -0.1) is 0 Å². The molecule has 0 N–H and O–H groups in total. The summed E-state index contributed by atoms with van der Waals surface area (Å²) in [5.74, 6) is 0.889. The first kappa shape index (κ1) is 12.7. The maximum atomic E-state index is 12.2. The Kier molecular flexibility index (Phi) is 3.72. The van der Waals surface area contributed by atoms with E-state index in [4.69, 9.17) is 13.9 Å². The largest absolute Gasteiger partial charge is 0.495 e. The van der Waals surface area contributed by atoms with Gasteiger partial charge in [-0.25, -0.2) is 0 Å². The highest BCUT2D eigenvalue weighted by atomic mass is 79.9. The van der Waals surface area contributed by atoms with E-state index in [-0.39, 0.29) is 5.78 Å². The normalized spacial score (nSPS) is 10.2. The molecular weight excluding hydrogens is 300 g/mol. The van der Waals surface area contributed by atoms with Gasteiger partial charge in [-0.3, -0.25) is 4.79 Å². The van der Waals surface area contributed by atoms with Crippen molar-refractivity contribution in [3.05, 3.63) is 46.3 Å². The van der Waals surface area contributed by atoms with Gasteiger partial charge in [0.1, 0.15) is 22.2 Å². The predicted octanol–water partition coefficient (Wildman–Crippen LogP) is 3.29. The second-order valence-corrected chi connectivity index (χ2v) is 4.30. The highest BCUT2D eigenvalue weighted by molar-refractivity contribution is 9.10. The molecule has 0 aliphatic carbocycles. The van der Waals surface area contributed by atoms with Gasteiger partial charge < -0.3 is 13.9 Å². The van der Waals surface area contributed by atoms with Crippen LogP contribution in [-0.4, -0.2) is 20.0 Å².